The summed E-state index contributed by atoms with van der Waals surface area (Å²) >= 11 is 5.98. The highest BCUT2D eigenvalue weighted by Crippen LogP contribution is 2.30. The van der Waals surface area contributed by atoms with Crippen molar-refractivity contribution in [1.29, 1.82) is 0 Å². The van der Waals surface area contributed by atoms with Gasteiger partial charge in [0.15, 0.2) is 0 Å². The van der Waals surface area contributed by atoms with Crippen LogP contribution in [-0.2, 0) is 0 Å². The number of ether oxygens (including phenoxy) is 1. The molecule has 0 bridgehead atoms. The van der Waals surface area contributed by atoms with Gasteiger partial charge >= 0.3 is 0 Å². The van der Waals surface area contributed by atoms with E-state index in [0.29, 0.717) is 5.02 Å². The van der Waals surface area contributed by atoms with Crippen molar-refractivity contribution in [3.63, 3.8) is 0 Å². The Morgan fingerprint density at radius 3 is 2.70 bits per heavy atom. The number of hydrogen-bond acceptors (Lipinski definition) is 3. The third kappa shape index (κ3) is 3.11. The summed E-state index contributed by atoms with van der Waals surface area (Å²) in [5.41, 5.74) is 0. The van der Waals surface area contributed by atoms with Crippen molar-refractivity contribution in [1.82, 2.24) is 4.90 Å². The molecule has 1 aromatic carbocycles. The average Bonchev–Trinajstić information content (AvgIpc) is 2.95. The van der Waals surface area contributed by atoms with Crippen molar-refractivity contribution in [2.24, 2.45) is 0 Å². The topological polar surface area (TPSA) is 32.7 Å². The third-order valence-corrected chi connectivity index (χ3v) is 4.69. The summed E-state index contributed by atoms with van der Waals surface area (Å²) in [5.74, 6) is 0.753. The zero-order chi connectivity index (χ0) is 13.9. The summed E-state index contributed by atoms with van der Waals surface area (Å²) in [4.78, 5) is 2.43. The van der Waals surface area contributed by atoms with Gasteiger partial charge in [-0.1, -0.05) is 17.7 Å². The molecule has 0 amide bonds. The number of aliphatic hydroxyl groups excluding tert-OH is 1. The smallest absolute Gasteiger partial charge is 0.126 e. The van der Waals surface area contributed by atoms with Gasteiger partial charge in [-0.3, -0.25) is 4.90 Å². The Labute approximate surface area is 125 Å². The monoisotopic (exact) mass is 295 g/mol. The number of hydrogen-bond donors (Lipinski definition) is 1. The fourth-order valence-electron chi connectivity index (χ4n) is 3.43. The molecule has 3 nitrogen and oxygen atoms in total. The highest BCUT2D eigenvalue weighted by molar-refractivity contribution is 6.30. The molecule has 0 spiro atoms. The molecule has 0 aromatic heterocycles. The Morgan fingerprint density at radius 1 is 1.15 bits per heavy atom. The van der Waals surface area contributed by atoms with Gasteiger partial charge in [-0.15, -0.1) is 0 Å². The molecule has 3 atom stereocenters. The van der Waals surface area contributed by atoms with Crippen molar-refractivity contribution in [3.8, 4) is 5.75 Å². The lowest BCUT2D eigenvalue weighted by atomic mass is 9.89. The van der Waals surface area contributed by atoms with E-state index in [4.69, 9.17) is 16.3 Å². The summed E-state index contributed by atoms with van der Waals surface area (Å²) in [6.45, 7) is 2.23. The predicted molar refractivity (Wildman–Crippen MR) is 80.3 cm³/mol. The number of halogens is 1. The Bertz CT molecular complexity index is 448. The lowest BCUT2D eigenvalue weighted by Gasteiger charge is -2.39. The fourth-order valence-corrected chi connectivity index (χ4v) is 3.61. The van der Waals surface area contributed by atoms with Crippen LogP contribution in [0.25, 0.3) is 0 Å². The van der Waals surface area contributed by atoms with Gasteiger partial charge in [-0.25, -0.2) is 0 Å². The maximum Gasteiger partial charge on any atom is 0.126 e. The van der Waals surface area contributed by atoms with Crippen LogP contribution in [0, 0.1) is 0 Å². The van der Waals surface area contributed by atoms with Crippen LogP contribution in [0.4, 0.5) is 0 Å². The Hall–Kier alpha value is -0.770. The van der Waals surface area contributed by atoms with Gasteiger partial charge in [-0.2, -0.15) is 0 Å². The molecule has 3 rings (SSSR count). The molecule has 1 saturated carbocycles. The zero-order valence-electron chi connectivity index (χ0n) is 11.7. The van der Waals surface area contributed by atoms with Crippen LogP contribution in [0.3, 0.4) is 0 Å². The second-order valence-electron chi connectivity index (χ2n) is 5.85. The Kier molecular flexibility index (Phi) is 4.49. The first-order chi connectivity index (χ1) is 9.74. The average molecular weight is 296 g/mol. The van der Waals surface area contributed by atoms with E-state index in [1.807, 2.05) is 24.3 Å². The molecular formula is C16H22ClNO2. The van der Waals surface area contributed by atoms with Gasteiger partial charge in [0.1, 0.15) is 18.0 Å². The van der Waals surface area contributed by atoms with Crippen molar-refractivity contribution >= 4 is 11.6 Å². The normalized spacial score (nSPS) is 31.4. The summed E-state index contributed by atoms with van der Waals surface area (Å²) < 4.78 is 5.98. The summed E-state index contributed by atoms with van der Waals surface area (Å²) in [5, 5.41) is 11.3. The first-order valence-electron chi connectivity index (χ1n) is 7.58. The Balaban J connectivity index is 1.66. The lowest BCUT2D eigenvalue weighted by Crippen LogP contribution is -2.52. The van der Waals surface area contributed by atoms with Crippen LogP contribution in [0.5, 0.6) is 5.75 Å². The van der Waals surface area contributed by atoms with Gasteiger partial charge < -0.3 is 9.84 Å². The third-order valence-electron chi connectivity index (χ3n) is 4.46. The van der Waals surface area contributed by atoms with E-state index in [2.05, 4.69) is 4.90 Å². The molecule has 2 aliphatic rings. The molecule has 1 saturated heterocycles. The first kappa shape index (κ1) is 14.2. The highest BCUT2D eigenvalue weighted by Gasteiger charge is 2.37. The molecule has 0 unspecified atom stereocenters. The highest BCUT2D eigenvalue weighted by atomic mass is 35.5. The van der Waals surface area contributed by atoms with Crippen LogP contribution < -0.4 is 4.74 Å². The standard InChI is InChI=1S/C16H22ClNO2/c17-12-5-3-6-13(11-12)20-15-8-4-7-14(16(15)19)18-9-1-2-10-18/h3,5-6,11,14-16,19H,1-2,4,7-10H2/t14-,15+,16+/m0/s1. The van der Waals surface area contributed by atoms with Gasteiger partial charge in [0.2, 0.25) is 0 Å². The quantitative estimate of drug-likeness (QED) is 0.930. The van der Waals surface area contributed by atoms with Crippen molar-refractivity contribution in [2.45, 2.75) is 50.4 Å². The number of rotatable bonds is 3. The van der Waals surface area contributed by atoms with E-state index >= 15 is 0 Å². The molecule has 110 valence electrons. The predicted octanol–water partition coefficient (Wildman–Crippen LogP) is 3.10. The molecule has 20 heavy (non-hydrogen) atoms. The van der Waals surface area contributed by atoms with Crippen LogP contribution in [0.2, 0.25) is 5.02 Å². The minimum absolute atomic E-state index is 0.118. The van der Waals surface area contributed by atoms with Crippen molar-refractivity contribution in [3.05, 3.63) is 29.3 Å². The molecule has 4 heteroatoms. The van der Waals surface area contributed by atoms with E-state index in [1.54, 1.807) is 0 Å². The number of benzene rings is 1. The van der Waals surface area contributed by atoms with Gasteiger partial charge in [0.05, 0.1) is 0 Å². The minimum Gasteiger partial charge on any atom is -0.488 e. The van der Waals surface area contributed by atoms with Crippen molar-refractivity contribution in [2.75, 3.05) is 13.1 Å². The summed E-state index contributed by atoms with van der Waals surface area (Å²) in [6, 6.07) is 7.69. The van der Waals surface area contributed by atoms with E-state index in [-0.39, 0.29) is 12.1 Å². The molecule has 1 aliphatic heterocycles. The molecule has 1 aliphatic carbocycles. The maximum absolute atomic E-state index is 10.6. The molecule has 1 heterocycles. The van der Waals surface area contributed by atoms with E-state index in [0.717, 1.165) is 38.1 Å². The second-order valence-corrected chi connectivity index (χ2v) is 6.28. The van der Waals surface area contributed by atoms with Crippen LogP contribution in [-0.4, -0.2) is 41.3 Å². The second kappa shape index (κ2) is 6.33. The molecule has 1 aromatic rings. The molecule has 1 N–H and O–H groups in total. The lowest BCUT2D eigenvalue weighted by molar-refractivity contribution is -0.0479. The van der Waals surface area contributed by atoms with Gasteiger partial charge in [0.25, 0.3) is 0 Å². The SMILES string of the molecule is O[C@H]1[C@H](Oc2cccc(Cl)c2)CCC[C@@H]1N1CCCC1. The van der Waals surface area contributed by atoms with Crippen LogP contribution in [0.1, 0.15) is 32.1 Å². The Morgan fingerprint density at radius 2 is 1.95 bits per heavy atom. The van der Waals surface area contributed by atoms with E-state index in [1.165, 1.54) is 12.8 Å². The maximum atomic E-state index is 10.6. The number of likely N-dealkylation sites (tertiary alicyclic amines) is 1. The fraction of sp³-hybridized carbons (Fsp3) is 0.625. The number of aliphatic hydroxyl groups is 1. The van der Waals surface area contributed by atoms with Gasteiger partial charge in [0, 0.05) is 11.1 Å². The largest absolute Gasteiger partial charge is 0.488 e. The van der Waals surface area contributed by atoms with Crippen LogP contribution in [0.15, 0.2) is 24.3 Å². The molecule has 2 fully saturated rings. The van der Waals surface area contributed by atoms with Crippen molar-refractivity contribution < 1.29 is 9.84 Å². The molecule has 0 radical (unpaired) electrons. The summed E-state index contributed by atoms with van der Waals surface area (Å²) in [7, 11) is 0. The van der Waals surface area contributed by atoms with E-state index < -0.39 is 6.10 Å². The minimum atomic E-state index is -0.402. The van der Waals surface area contributed by atoms with Crippen LogP contribution >= 0.6 is 11.6 Å². The van der Waals surface area contributed by atoms with E-state index in [9.17, 15) is 5.11 Å². The number of nitrogens with zero attached hydrogens (tertiary/aromatic N) is 1. The zero-order valence-corrected chi connectivity index (χ0v) is 12.4. The van der Waals surface area contributed by atoms with Gasteiger partial charge in [-0.05, 0) is 63.4 Å². The molecular weight excluding hydrogens is 274 g/mol. The first-order valence-corrected chi connectivity index (χ1v) is 7.96. The summed E-state index contributed by atoms with van der Waals surface area (Å²) in [6.07, 6.45) is 5.10.